The summed E-state index contributed by atoms with van der Waals surface area (Å²) in [6, 6.07) is 2.79. The predicted molar refractivity (Wildman–Crippen MR) is 93.3 cm³/mol. The highest BCUT2D eigenvalue weighted by atomic mass is 19.4. The van der Waals surface area contributed by atoms with Crippen LogP contribution >= 0.6 is 0 Å². The van der Waals surface area contributed by atoms with Gasteiger partial charge in [-0.2, -0.15) is 23.4 Å². The third-order valence-electron chi connectivity index (χ3n) is 4.08. The Morgan fingerprint density at radius 3 is 2.59 bits per heavy atom. The SMILES string of the molecule is Cc1nn(CC(=O)Nc2cc(C(F)(F)F)ccc2-n2cncn2)c(C)c1[N+](=O)[O-]. The van der Waals surface area contributed by atoms with Crippen LogP contribution in [0.15, 0.2) is 30.9 Å². The van der Waals surface area contributed by atoms with Crippen molar-refractivity contribution in [3.8, 4) is 5.69 Å². The van der Waals surface area contributed by atoms with Crippen molar-refractivity contribution in [2.45, 2.75) is 26.6 Å². The molecule has 0 bridgehead atoms. The number of nitro groups is 1. The molecule has 0 aliphatic rings. The first-order valence-electron chi connectivity index (χ1n) is 8.12. The molecule has 152 valence electrons. The lowest BCUT2D eigenvalue weighted by atomic mass is 10.1. The van der Waals surface area contributed by atoms with E-state index in [0.29, 0.717) is 0 Å². The van der Waals surface area contributed by atoms with Gasteiger partial charge in [0.2, 0.25) is 5.91 Å². The van der Waals surface area contributed by atoms with Crippen LogP contribution < -0.4 is 5.32 Å². The van der Waals surface area contributed by atoms with Crippen LogP contribution in [0.25, 0.3) is 5.69 Å². The summed E-state index contributed by atoms with van der Waals surface area (Å²) in [5, 5.41) is 21.3. The fourth-order valence-electron chi connectivity index (χ4n) is 2.78. The highest BCUT2D eigenvalue weighted by molar-refractivity contribution is 5.93. The summed E-state index contributed by atoms with van der Waals surface area (Å²) in [6.07, 6.45) is -2.16. The Labute approximate surface area is 161 Å². The Hall–Kier alpha value is -3.77. The van der Waals surface area contributed by atoms with Gasteiger partial charge in [0, 0.05) is 0 Å². The summed E-state index contributed by atoms with van der Waals surface area (Å²) in [7, 11) is 0. The van der Waals surface area contributed by atoms with Gasteiger partial charge in [-0.15, -0.1) is 0 Å². The van der Waals surface area contributed by atoms with Gasteiger partial charge in [-0.25, -0.2) is 9.67 Å². The smallest absolute Gasteiger partial charge is 0.323 e. The molecule has 0 radical (unpaired) electrons. The first kappa shape index (κ1) is 20.0. The monoisotopic (exact) mass is 409 g/mol. The number of carbonyl (C=O) groups excluding carboxylic acids is 1. The molecule has 0 aliphatic carbocycles. The molecule has 3 aromatic rings. The molecule has 0 unspecified atom stereocenters. The number of alkyl halides is 3. The lowest BCUT2D eigenvalue weighted by Crippen LogP contribution is -2.22. The third kappa shape index (κ3) is 4.07. The molecule has 2 heterocycles. The number of hydrogen-bond donors (Lipinski definition) is 1. The van der Waals surface area contributed by atoms with Crippen LogP contribution in [0.2, 0.25) is 0 Å². The first-order chi connectivity index (χ1) is 13.6. The van der Waals surface area contributed by atoms with Crippen molar-refractivity contribution < 1.29 is 22.9 Å². The van der Waals surface area contributed by atoms with E-state index in [2.05, 4.69) is 20.5 Å². The normalized spacial score (nSPS) is 11.5. The van der Waals surface area contributed by atoms with Gasteiger partial charge < -0.3 is 5.32 Å². The Balaban J connectivity index is 1.91. The summed E-state index contributed by atoms with van der Waals surface area (Å²) in [6.45, 7) is 2.43. The van der Waals surface area contributed by atoms with Crippen LogP contribution in [0.1, 0.15) is 17.0 Å². The molecule has 29 heavy (non-hydrogen) atoms. The highest BCUT2D eigenvalue weighted by Gasteiger charge is 2.31. The van der Waals surface area contributed by atoms with E-state index in [-0.39, 0.29) is 28.5 Å². The average molecular weight is 409 g/mol. The molecule has 0 atom stereocenters. The molecular formula is C16H14F3N7O3. The summed E-state index contributed by atoms with van der Waals surface area (Å²) in [5.41, 5.74) is -0.876. The summed E-state index contributed by atoms with van der Waals surface area (Å²) in [5.74, 6) is -0.716. The molecule has 0 fully saturated rings. The van der Waals surface area contributed by atoms with Crippen LogP contribution in [0, 0.1) is 24.0 Å². The number of anilines is 1. The molecule has 13 heteroatoms. The van der Waals surface area contributed by atoms with Gasteiger partial charge in [0.1, 0.15) is 30.6 Å². The predicted octanol–water partition coefficient (Wildman–Crippen LogP) is 2.65. The number of aryl methyl sites for hydroxylation is 1. The topological polar surface area (TPSA) is 121 Å². The van der Waals surface area contributed by atoms with Gasteiger partial charge in [-0.1, -0.05) is 0 Å². The van der Waals surface area contributed by atoms with Crippen molar-refractivity contribution in [3.05, 3.63) is 57.9 Å². The number of amides is 1. The Bertz CT molecular complexity index is 1070. The van der Waals surface area contributed by atoms with E-state index in [9.17, 15) is 28.1 Å². The zero-order valence-electron chi connectivity index (χ0n) is 15.1. The van der Waals surface area contributed by atoms with Crippen LogP contribution in [-0.2, 0) is 17.5 Å². The molecule has 10 nitrogen and oxygen atoms in total. The number of carbonyl (C=O) groups is 1. The zero-order chi connectivity index (χ0) is 21.3. The number of benzene rings is 1. The van der Waals surface area contributed by atoms with E-state index in [0.717, 1.165) is 22.9 Å². The van der Waals surface area contributed by atoms with Gasteiger partial charge in [0.15, 0.2) is 0 Å². The van der Waals surface area contributed by atoms with Gasteiger partial charge in [0.05, 0.1) is 21.9 Å². The number of nitrogens with one attached hydrogen (secondary N) is 1. The Kier molecular flexibility index (Phi) is 5.05. The van der Waals surface area contributed by atoms with Crippen molar-refractivity contribution in [2.75, 3.05) is 5.32 Å². The maximum absolute atomic E-state index is 13.1. The van der Waals surface area contributed by atoms with E-state index in [1.807, 2.05) is 0 Å². The molecule has 2 aromatic heterocycles. The number of rotatable bonds is 5. The van der Waals surface area contributed by atoms with Crippen LogP contribution in [0.5, 0.6) is 0 Å². The molecule has 3 rings (SSSR count). The van der Waals surface area contributed by atoms with Crippen molar-refractivity contribution in [2.24, 2.45) is 0 Å². The second-order valence-electron chi connectivity index (χ2n) is 6.05. The summed E-state index contributed by atoms with van der Waals surface area (Å²) < 4.78 is 41.5. The fourth-order valence-corrected chi connectivity index (χ4v) is 2.78. The molecular weight excluding hydrogens is 395 g/mol. The van der Waals surface area contributed by atoms with Crippen LogP contribution in [0.4, 0.5) is 24.5 Å². The number of hydrogen-bond acceptors (Lipinski definition) is 6. The highest BCUT2D eigenvalue weighted by Crippen LogP contribution is 2.33. The lowest BCUT2D eigenvalue weighted by molar-refractivity contribution is -0.386. The fraction of sp³-hybridized carbons (Fsp3) is 0.250. The van der Waals surface area contributed by atoms with Crippen molar-refractivity contribution in [3.63, 3.8) is 0 Å². The number of aromatic nitrogens is 5. The maximum Gasteiger partial charge on any atom is 0.416 e. The number of nitrogens with zero attached hydrogens (tertiary/aromatic N) is 6. The van der Waals surface area contributed by atoms with Crippen LogP contribution in [-0.4, -0.2) is 35.4 Å². The van der Waals surface area contributed by atoms with Crippen LogP contribution in [0.3, 0.4) is 0 Å². The van der Waals surface area contributed by atoms with E-state index in [1.54, 1.807) is 0 Å². The van der Waals surface area contributed by atoms with Gasteiger partial charge in [0.25, 0.3) is 0 Å². The zero-order valence-corrected chi connectivity index (χ0v) is 15.1. The van der Waals surface area contributed by atoms with E-state index < -0.39 is 29.1 Å². The largest absolute Gasteiger partial charge is 0.416 e. The van der Waals surface area contributed by atoms with E-state index in [1.165, 1.54) is 31.2 Å². The second kappa shape index (κ2) is 7.33. The quantitative estimate of drug-likeness (QED) is 0.511. The summed E-state index contributed by atoms with van der Waals surface area (Å²) in [4.78, 5) is 26.6. The minimum absolute atomic E-state index is 0.127. The third-order valence-corrected chi connectivity index (χ3v) is 4.08. The molecule has 1 N–H and O–H groups in total. The van der Waals surface area contributed by atoms with Crippen molar-refractivity contribution in [1.29, 1.82) is 0 Å². The molecule has 0 aliphatic heterocycles. The first-order valence-corrected chi connectivity index (χ1v) is 8.12. The van der Waals surface area contributed by atoms with Gasteiger partial charge in [-0.3, -0.25) is 19.6 Å². The lowest BCUT2D eigenvalue weighted by Gasteiger charge is -2.14. The maximum atomic E-state index is 13.1. The Morgan fingerprint density at radius 1 is 1.31 bits per heavy atom. The molecule has 1 amide bonds. The standard InChI is InChI=1S/C16H14F3N7O3/c1-9-15(26(28)29)10(2)24(23-9)6-14(27)22-12-5-11(16(17,18)19)3-4-13(12)25-8-20-7-21-25/h3-5,7-8H,6H2,1-2H3,(H,22,27). The van der Waals surface area contributed by atoms with Gasteiger partial charge >= 0.3 is 11.9 Å². The van der Waals surface area contributed by atoms with E-state index in [4.69, 9.17) is 0 Å². The van der Waals surface area contributed by atoms with Crippen molar-refractivity contribution in [1.82, 2.24) is 24.5 Å². The average Bonchev–Trinajstić information content (AvgIpc) is 3.22. The minimum atomic E-state index is -4.61. The Morgan fingerprint density at radius 2 is 2.03 bits per heavy atom. The van der Waals surface area contributed by atoms with Crippen molar-refractivity contribution >= 4 is 17.3 Å². The second-order valence-corrected chi connectivity index (χ2v) is 6.05. The number of halogens is 3. The molecule has 1 aromatic carbocycles. The molecule has 0 spiro atoms. The molecule has 0 saturated carbocycles. The molecule has 0 saturated heterocycles. The minimum Gasteiger partial charge on any atom is -0.323 e. The summed E-state index contributed by atoms with van der Waals surface area (Å²) >= 11 is 0. The van der Waals surface area contributed by atoms with E-state index >= 15 is 0 Å². The van der Waals surface area contributed by atoms with Gasteiger partial charge in [-0.05, 0) is 32.0 Å².